The average molecular weight is 259 g/mol. The summed E-state index contributed by atoms with van der Waals surface area (Å²) in [6, 6.07) is -1.07. The van der Waals surface area contributed by atoms with Crippen LogP contribution in [0.25, 0.3) is 0 Å². The Bertz CT molecular complexity index is 264. The van der Waals surface area contributed by atoms with Crippen molar-refractivity contribution in [1.29, 1.82) is 0 Å². The fourth-order valence-electron chi connectivity index (χ4n) is 0.840. The lowest BCUT2D eigenvalue weighted by Crippen LogP contribution is -2.46. The Morgan fingerprint density at radius 1 is 1.29 bits per heavy atom. The van der Waals surface area contributed by atoms with Gasteiger partial charge < -0.3 is 4.74 Å². The van der Waals surface area contributed by atoms with Gasteiger partial charge in [-0.05, 0) is 27.7 Å². The van der Waals surface area contributed by atoms with E-state index in [0.29, 0.717) is 0 Å². The Morgan fingerprint density at radius 3 is 2.12 bits per heavy atom. The van der Waals surface area contributed by atoms with Crippen molar-refractivity contribution < 1.29 is 27.1 Å². The predicted octanol–water partition coefficient (Wildman–Crippen LogP) is 2.21. The highest BCUT2D eigenvalue weighted by Crippen LogP contribution is 2.21. The Labute approximate surface area is 97.5 Å². The standard InChI is InChI=1S/C10H17F4NO2/c1-6(7(16)17-9(2,3)4)15-5-10(13,14)8(11)12/h6,8,15H,5H2,1-4H3. The highest BCUT2D eigenvalue weighted by Gasteiger charge is 2.41. The zero-order valence-electron chi connectivity index (χ0n) is 10.2. The molecule has 0 radical (unpaired) electrons. The zero-order chi connectivity index (χ0) is 13.9. The second-order valence-corrected chi connectivity index (χ2v) is 4.70. The van der Waals surface area contributed by atoms with Gasteiger partial charge in [0.05, 0.1) is 6.54 Å². The number of carbonyl (C=O) groups is 1. The van der Waals surface area contributed by atoms with Crippen LogP contribution in [0.2, 0.25) is 0 Å². The minimum absolute atomic E-state index is 0.752. The summed E-state index contributed by atoms with van der Waals surface area (Å²) in [7, 11) is 0. The van der Waals surface area contributed by atoms with Gasteiger partial charge in [0.1, 0.15) is 11.6 Å². The van der Waals surface area contributed by atoms with E-state index >= 15 is 0 Å². The molecule has 1 unspecified atom stereocenters. The minimum atomic E-state index is -4.16. The monoisotopic (exact) mass is 259 g/mol. The van der Waals surface area contributed by atoms with Crippen molar-refractivity contribution in [3.05, 3.63) is 0 Å². The van der Waals surface area contributed by atoms with Crippen LogP contribution in [-0.2, 0) is 9.53 Å². The van der Waals surface area contributed by atoms with Crippen molar-refractivity contribution in [3.63, 3.8) is 0 Å². The molecule has 17 heavy (non-hydrogen) atoms. The van der Waals surface area contributed by atoms with Crippen molar-refractivity contribution in [3.8, 4) is 0 Å². The molecule has 0 aromatic heterocycles. The van der Waals surface area contributed by atoms with E-state index in [1.807, 2.05) is 5.32 Å². The van der Waals surface area contributed by atoms with Crippen LogP contribution >= 0.6 is 0 Å². The molecule has 7 heteroatoms. The van der Waals surface area contributed by atoms with E-state index in [9.17, 15) is 22.4 Å². The zero-order valence-corrected chi connectivity index (χ0v) is 10.2. The number of ether oxygens (including phenoxy) is 1. The summed E-state index contributed by atoms with van der Waals surface area (Å²) in [4.78, 5) is 11.3. The average Bonchev–Trinajstić information content (AvgIpc) is 2.11. The summed E-state index contributed by atoms with van der Waals surface area (Å²) < 4.78 is 53.6. The van der Waals surface area contributed by atoms with Gasteiger partial charge >= 0.3 is 18.3 Å². The summed E-state index contributed by atoms with van der Waals surface area (Å²) >= 11 is 0. The summed E-state index contributed by atoms with van der Waals surface area (Å²) in [6.07, 6.45) is -3.76. The maximum absolute atomic E-state index is 12.5. The first-order valence-electron chi connectivity index (χ1n) is 5.08. The SMILES string of the molecule is CC(NCC(F)(F)C(F)F)C(=O)OC(C)(C)C. The normalized spacial score (nSPS) is 14.9. The lowest BCUT2D eigenvalue weighted by atomic mass is 10.2. The largest absolute Gasteiger partial charge is 0.459 e. The molecule has 0 fully saturated rings. The second kappa shape index (κ2) is 5.66. The molecular formula is C10H17F4NO2. The molecule has 1 atom stereocenters. The van der Waals surface area contributed by atoms with E-state index < -0.39 is 36.5 Å². The van der Waals surface area contributed by atoms with Gasteiger partial charge in [0.15, 0.2) is 0 Å². The molecule has 0 aliphatic rings. The van der Waals surface area contributed by atoms with Gasteiger partial charge in [-0.3, -0.25) is 10.1 Å². The number of esters is 1. The summed E-state index contributed by atoms with van der Waals surface area (Å²) in [5.74, 6) is -4.92. The molecule has 0 aliphatic heterocycles. The molecule has 0 aliphatic carbocycles. The highest BCUT2D eigenvalue weighted by atomic mass is 19.3. The number of rotatable bonds is 5. The van der Waals surface area contributed by atoms with E-state index in [4.69, 9.17) is 4.74 Å². The van der Waals surface area contributed by atoms with E-state index in [2.05, 4.69) is 0 Å². The smallest absolute Gasteiger partial charge is 0.323 e. The first-order chi connectivity index (χ1) is 7.46. The van der Waals surface area contributed by atoms with E-state index in [-0.39, 0.29) is 0 Å². The molecule has 0 heterocycles. The Hall–Kier alpha value is -0.850. The van der Waals surface area contributed by atoms with Gasteiger partial charge in [-0.2, -0.15) is 8.78 Å². The number of hydrogen-bond donors (Lipinski definition) is 1. The van der Waals surface area contributed by atoms with E-state index in [1.165, 1.54) is 6.92 Å². The van der Waals surface area contributed by atoms with Gasteiger partial charge in [-0.1, -0.05) is 0 Å². The Kier molecular flexibility index (Phi) is 5.38. The molecule has 0 aromatic carbocycles. The van der Waals surface area contributed by atoms with Crippen LogP contribution in [0.1, 0.15) is 27.7 Å². The number of hydrogen-bond acceptors (Lipinski definition) is 3. The van der Waals surface area contributed by atoms with Gasteiger partial charge in [0.25, 0.3) is 0 Å². The number of nitrogens with one attached hydrogen (secondary N) is 1. The van der Waals surface area contributed by atoms with Crippen molar-refractivity contribution in [2.75, 3.05) is 6.54 Å². The van der Waals surface area contributed by atoms with Crippen LogP contribution in [0.5, 0.6) is 0 Å². The van der Waals surface area contributed by atoms with Gasteiger partial charge in [0, 0.05) is 0 Å². The van der Waals surface area contributed by atoms with Crippen LogP contribution in [0, 0.1) is 0 Å². The third-order valence-corrected chi connectivity index (χ3v) is 1.72. The van der Waals surface area contributed by atoms with Crippen molar-refractivity contribution in [1.82, 2.24) is 5.32 Å². The first-order valence-corrected chi connectivity index (χ1v) is 5.08. The second-order valence-electron chi connectivity index (χ2n) is 4.70. The highest BCUT2D eigenvalue weighted by molar-refractivity contribution is 5.75. The molecule has 3 nitrogen and oxygen atoms in total. The lowest BCUT2D eigenvalue weighted by molar-refractivity contribution is -0.158. The molecule has 0 saturated carbocycles. The number of carbonyl (C=O) groups excluding carboxylic acids is 1. The fourth-order valence-corrected chi connectivity index (χ4v) is 0.840. The first kappa shape index (κ1) is 16.1. The van der Waals surface area contributed by atoms with Crippen LogP contribution in [0.4, 0.5) is 17.6 Å². The summed E-state index contributed by atoms with van der Waals surface area (Å²) in [6.45, 7) is 4.85. The van der Waals surface area contributed by atoms with E-state index in [1.54, 1.807) is 20.8 Å². The maximum Gasteiger partial charge on any atom is 0.323 e. The van der Waals surface area contributed by atoms with Gasteiger partial charge in [0.2, 0.25) is 0 Å². The molecule has 1 N–H and O–H groups in total. The molecule has 0 rings (SSSR count). The van der Waals surface area contributed by atoms with Crippen LogP contribution in [-0.4, -0.2) is 36.5 Å². The van der Waals surface area contributed by atoms with Crippen LogP contribution in [0.15, 0.2) is 0 Å². The molecular weight excluding hydrogens is 242 g/mol. The third-order valence-electron chi connectivity index (χ3n) is 1.72. The topological polar surface area (TPSA) is 38.3 Å². The number of alkyl halides is 4. The predicted molar refractivity (Wildman–Crippen MR) is 54.3 cm³/mol. The molecule has 0 saturated heterocycles. The molecule has 102 valence electrons. The quantitative estimate of drug-likeness (QED) is 0.607. The lowest BCUT2D eigenvalue weighted by Gasteiger charge is -2.24. The molecule has 0 aromatic rings. The van der Waals surface area contributed by atoms with Crippen LogP contribution < -0.4 is 5.32 Å². The minimum Gasteiger partial charge on any atom is -0.459 e. The van der Waals surface area contributed by atoms with Gasteiger partial charge in [-0.25, -0.2) is 8.78 Å². The van der Waals surface area contributed by atoms with Crippen molar-refractivity contribution in [2.45, 2.75) is 51.7 Å². The summed E-state index contributed by atoms with van der Waals surface area (Å²) in [5.41, 5.74) is -0.752. The maximum atomic E-state index is 12.5. The third kappa shape index (κ3) is 6.45. The van der Waals surface area contributed by atoms with Gasteiger partial charge in [-0.15, -0.1) is 0 Å². The molecule has 0 amide bonds. The molecule has 0 bridgehead atoms. The Balaban J connectivity index is 4.19. The van der Waals surface area contributed by atoms with Crippen molar-refractivity contribution >= 4 is 5.97 Å². The fraction of sp³-hybridized carbons (Fsp3) is 0.900. The number of halogens is 4. The molecule has 0 spiro atoms. The Morgan fingerprint density at radius 2 is 1.76 bits per heavy atom. The van der Waals surface area contributed by atoms with Crippen molar-refractivity contribution in [2.24, 2.45) is 0 Å². The van der Waals surface area contributed by atoms with E-state index in [0.717, 1.165) is 0 Å². The van der Waals surface area contributed by atoms with Crippen LogP contribution in [0.3, 0.4) is 0 Å². The summed E-state index contributed by atoms with van der Waals surface area (Å²) in [5, 5.41) is 2.02.